The predicted molar refractivity (Wildman–Crippen MR) is 84.4 cm³/mol. The number of halogens is 2. The van der Waals surface area contributed by atoms with E-state index in [-0.39, 0.29) is 10.9 Å². The average molecular weight is 333 g/mol. The van der Waals surface area contributed by atoms with Gasteiger partial charge in [-0.05, 0) is 31.0 Å². The van der Waals surface area contributed by atoms with Crippen LogP contribution in [0.1, 0.15) is 12.8 Å². The Morgan fingerprint density at radius 1 is 1.30 bits per heavy atom. The molecule has 0 aromatic heterocycles. The monoisotopic (exact) mass is 332 g/mol. The Hall–Kier alpha value is -0.880. The van der Waals surface area contributed by atoms with Crippen LogP contribution in [0.4, 0.5) is 5.69 Å². The van der Waals surface area contributed by atoms with Gasteiger partial charge in [0, 0.05) is 18.9 Å². The minimum absolute atomic E-state index is 0.193. The molecule has 20 heavy (non-hydrogen) atoms. The van der Waals surface area contributed by atoms with Crippen molar-refractivity contribution in [1.29, 1.82) is 0 Å². The maximum absolute atomic E-state index is 12.5. The van der Waals surface area contributed by atoms with E-state index in [2.05, 4.69) is 5.32 Å². The van der Waals surface area contributed by atoms with Gasteiger partial charge in [-0.25, -0.2) is 0 Å². The smallest absolute Gasteiger partial charge is 0.237 e. The van der Waals surface area contributed by atoms with Gasteiger partial charge in [0.2, 0.25) is 5.91 Å². The number of anilines is 1. The number of rotatable bonds is 3. The van der Waals surface area contributed by atoms with Crippen LogP contribution < -0.4 is 11.1 Å². The van der Waals surface area contributed by atoms with Gasteiger partial charge in [0.25, 0.3) is 0 Å². The quantitative estimate of drug-likeness (QED) is 0.835. The predicted octanol–water partition coefficient (Wildman–Crippen LogP) is 3.01. The van der Waals surface area contributed by atoms with Crippen LogP contribution in [0.5, 0.6) is 0 Å². The molecule has 0 aliphatic carbocycles. The lowest BCUT2D eigenvalue weighted by Gasteiger charge is -2.34. The number of nitrogens with one attached hydrogen (secondary N) is 1. The lowest BCUT2D eigenvalue weighted by Crippen LogP contribution is -2.49. The molecule has 108 valence electrons. The van der Waals surface area contributed by atoms with Crippen molar-refractivity contribution in [3.63, 3.8) is 0 Å². The fraction of sp³-hybridized carbons (Fsp3) is 0.385. The molecule has 0 saturated carbocycles. The highest BCUT2D eigenvalue weighted by Crippen LogP contribution is 2.33. The second-order valence-electron chi connectivity index (χ2n) is 4.64. The molecular formula is C13H14Cl2N2O2S. The van der Waals surface area contributed by atoms with E-state index >= 15 is 0 Å². The van der Waals surface area contributed by atoms with Crippen LogP contribution in [-0.2, 0) is 9.53 Å². The Labute approximate surface area is 132 Å². The van der Waals surface area contributed by atoms with Gasteiger partial charge in [-0.2, -0.15) is 0 Å². The molecule has 0 spiro atoms. The molecule has 0 bridgehead atoms. The Morgan fingerprint density at radius 3 is 2.50 bits per heavy atom. The van der Waals surface area contributed by atoms with E-state index in [0.717, 1.165) is 0 Å². The third-order valence-corrected chi connectivity index (χ3v) is 4.56. The van der Waals surface area contributed by atoms with Gasteiger partial charge < -0.3 is 15.8 Å². The molecule has 1 fully saturated rings. The van der Waals surface area contributed by atoms with Crippen LogP contribution in [0, 0.1) is 5.41 Å². The Bertz CT molecular complexity index is 545. The van der Waals surface area contributed by atoms with Gasteiger partial charge in [0.1, 0.15) is 5.41 Å². The first-order valence-corrected chi connectivity index (χ1v) is 7.26. The molecule has 1 amide bonds. The number of amides is 1. The summed E-state index contributed by atoms with van der Waals surface area (Å²) in [6, 6.07) is 4.89. The standard InChI is InChI=1S/C13H14Cl2N2O2S/c14-9-2-1-8(7-10(9)15)17-12(18)13(11(16)20)3-5-19-6-4-13/h1-2,7H,3-6H2,(H2,16,20)(H,17,18). The van der Waals surface area contributed by atoms with Gasteiger partial charge in [-0.1, -0.05) is 35.4 Å². The first-order valence-electron chi connectivity index (χ1n) is 6.10. The zero-order valence-corrected chi connectivity index (χ0v) is 12.9. The molecule has 2 rings (SSSR count). The van der Waals surface area contributed by atoms with E-state index in [1.54, 1.807) is 18.2 Å². The molecule has 0 atom stereocenters. The van der Waals surface area contributed by atoms with E-state index in [4.69, 9.17) is 45.9 Å². The lowest BCUT2D eigenvalue weighted by molar-refractivity contribution is -0.126. The van der Waals surface area contributed by atoms with E-state index in [9.17, 15) is 4.79 Å². The van der Waals surface area contributed by atoms with Crippen molar-refractivity contribution in [3.05, 3.63) is 28.2 Å². The van der Waals surface area contributed by atoms with E-state index in [1.165, 1.54) is 0 Å². The van der Waals surface area contributed by atoms with E-state index < -0.39 is 5.41 Å². The Morgan fingerprint density at radius 2 is 1.95 bits per heavy atom. The first-order chi connectivity index (χ1) is 9.45. The summed E-state index contributed by atoms with van der Waals surface area (Å²) in [5.41, 5.74) is 5.48. The van der Waals surface area contributed by atoms with E-state index in [0.29, 0.717) is 41.8 Å². The van der Waals surface area contributed by atoms with Crippen LogP contribution in [0.3, 0.4) is 0 Å². The molecule has 1 aromatic carbocycles. The molecule has 1 aliphatic rings. The summed E-state index contributed by atoms with van der Waals surface area (Å²) in [5, 5.41) is 3.60. The molecule has 1 aromatic rings. The van der Waals surface area contributed by atoms with Crippen molar-refractivity contribution in [2.75, 3.05) is 18.5 Å². The number of benzene rings is 1. The van der Waals surface area contributed by atoms with Crippen LogP contribution in [0.25, 0.3) is 0 Å². The molecule has 3 N–H and O–H groups in total. The van der Waals surface area contributed by atoms with Crippen molar-refractivity contribution >= 4 is 52.0 Å². The molecule has 0 unspecified atom stereocenters. The highest BCUT2D eigenvalue weighted by molar-refractivity contribution is 7.80. The first kappa shape index (κ1) is 15.5. The third kappa shape index (κ3) is 3.06. The summed E-state index contributed by atoms with van der Waals surface area (Å²) < 4.78 is 5.28. The molecule has 0 radical (unpaired) electrons. The zero-order chi connectivity index (χ0) is 14.8. The number of nitrogens with two attached hydrogens (primary N) is 1. The highest BCUT2D eigenvalue weighted by Gasteiger charge is 2.43. The van der Waals surface area contributed by atoms with Gasteiger partial charge in [-0.3, -0.25) is 4.79 Å². The maximum atomic E-state index is 12.5. The zero-order valence-electron chi connectivity index (χ0n) is 10.6. The van der Waals surface area contributed by atoms with Gasteiger partial charge in [-0.15, -0.1) is 0 Å². The normalized spacial score (nSPS) is 17.5. The average Bonchev–Trinajstić information content (AvgIpc) is 2.43. The fourth-order valence-corrected chi connectivity index (χ4v) is 2.72. The molecule has 7 heteroatoms. The number of carbonyl (C=O) groups is 1. The minimum atomic E-state index is -0.861. The van der Waals surface area contributed by atoms with Crippen LogP contribution in [0.2, 0.25) is 10.0 Å². The van der Waals surface area contributed by atoms with Crippen LogP contribution >= 0.6 is 35.4 Å². The number of thiocarbonyl (C=S) groups is 1. The van der Waals surface area contributed by atoms with Gasteiger partial charge in [0.15, 0.2) is 0 Å². The van der Waals surface area contributed by atoms with E-state index in [1.807, 2.05) is 0 Å². The van der Waals surface area contributed by atoms with Gasteiger partial charge >= 0.3 is 0 Å². The van der Waals surface area contributed by atoms with Crippen LogP contribution in [0.15, 0.2) is 18.2 Å². The largest absolute Gasteiger partial charge is 0.392 e. The second-order valence-corrected chi connectivity index (χ2v) is 5.90. The molecule has 1 aliphatic heterocycles. The summed E-state index contributed by atoms with van der Waals surface area (Å²) >= 11 is 16.8. The highest BCUT2D eigenvalue weighted by atomic mass is 35.5. The van der Waals surface area contributed by atoms with Crippen LogP contribution in [-0.4, -0.2) is 24.1 Å². The number of ether oxygens (including phenoxy) is 1. The SMILES string of the molecule is NC(=S)C1(C(=O)Nc2ccc(Cl)c(Cl)c2)CCOCC1. The Kier molecular flexibility index (Phi) is 4.86. The minimum Gasteiger partial charge on any atom is -0.392 e. The topological polar surface area (TPSA) is 64.4 Å². The number of carbonyl (C=O) groups excluding carboxylic acids is 1. The second kappa shape index (κ2) is 6.26. The molecule has 4 nitrogen and oxygen atoms in total. The van der Waals surface area contributed by atoms with Crippen molar-refractivity contribution in [3.8, 4) is 0 Å². The number of hydrogen-bond acceptors (Lipinski definition) is 3. The lowest BCUT2D eigenvalue weighted by atomic mass is 9.79. The Balaban J connectivity index is 2.20. The van der Waals surface area contributed by atoms with Gasteiger partial charge in [0.05, 0.1) is 15.0 Å². The maximum Gasteiger partial charge on any atom is 0.237 e. The molecule has 1 saturated heterocycles. The summed E-state index contributed by atoms with van der Waals surface area (Å²) in [7, 11) is 0. The third-order valence-electron chi connectivity index (χ3n) is 3.43. The van der Waals surface area contributed by atoms with Crippen molar-refractivity contribution < 1.29 is 9.53 Å². The molecular weight excluding hydrogens is 319 g/mol. The fourth-order valence-electron chi connectivity index (χ4n) is 2.13. The summed E-state index contributed by atoms with van der Waals surface area (Å²) in [5.74, 6) is -0.230. The number of hydrogen-bond donors (Lipinski definition) is 2. The summed E-state index contributed by atoms with van der Waals surface area (Å²) in [6.07, 6.45) is 0.963. The van der Waals surface area contributed by atoms with Crippen molar-refractivity contribution in [1.82, 2.24) is 0 Å². The van der Waals surface area contributed by atoms with Crippen molar-refractivity contribution in [2.24, 2.45) is 11.1 Å². The summed E-state index contributed by atoms with van der Waals surface area (Å²) in [4.78, 5) is 12.7. The molecule has 1 heterocycles. The van der Waals surface area contributed by atoms with Crippen molar-refractivity contribution in [2.45, 2.75) is 12.8 Å². The summed E-state index contributed by atoms with van der Waals surface area (Å²) in [6.45, 7) is 0.929.